The van der Waals surface area contributed by atoms with Crippen molar-refractivity contribution in [2.24, 2.45) is 4.99 Å². The number of hydrogen-bond acceptors (Lipinski definition) is 2. The number of thioether (sulfide) groups is 1. The van der Waals surface area contributed by atoms with Crippen molar-refractivity contribution >= 4 is 22.7 Å². The molecular weight excluding hydrogens is 201 g/mol. The molecule has 14 heavy (non-hydrogen) atoms. The third-order valence-electron chi connectivity index (χ3n) is 1.95. The molecule has 1 aromatic carbocycles. The molecule has 0 saturated carbocycles. The van der Waals surface area contributed by atoms with Crippen molar-refractivity contribution in [3.8, 4) is 0 Å². The summed E-state index contributed by atoms with van der Waals surface area (Å²) in [6, 6.07) is 5.96. The molecule has 1 aliphatic rings. The highest BCUT2D eigenvalue weighted by atomic mass is 32.2. The van der Waals surface area contributed by atoms with Crippen molar-refractivity contribution in [3.05, 3.63) is 35.6 Å². The fourth-order valence-electron chi connectivity index (χ4n) is 1.31. The minimum Gasteiger partial charge on any atom is -0.271 e. The number of amides is 1. The maximum atomic E-state index is 12.6. The van der Waals surface area contributed by atoms with Crippen LogP contribution in [0.25, 0.3) is 0 Å². The van der Waals surface area contributed by atoms with E-state index in [1.807, 2.05) is 0 Å². The van der Waals surface area contributed by atoms with E-state index in [9.17, 15) is 9.18 Å². The van der Waals surface area contributed by atoms with Gasteiger partial charge in [-0.05, 0) is 24.6 Å². The van der Waals surface area contributed by atoms with Crippen LogP contribution in [0.15, 0.2) is 29.3 Å². The lowest BCUT2D eigenvalue weighted by Crippen LogP contribution is -2.01. The van der Waals surface area contributed by atoms with Gasteiger partial charge >= 0.3 is 0 Å². The number of rotatable bonds is 1. The van der Waals surface area contributed by atoms with Crippen LogP contribution in [-0.4, -0.2) is 11.0 Å². The first-order valence-electron chi connectivity index (χ1n) is 4.18. The van der Waals surface area contributed by atoms with Crippen molar-refractivity contribution in [2.75, 3.05) is 0 Å². The van der Waals surface area contributed by atoms with E-state index in [0.717, 1.165) is 10.6 Å². The van der Waals surface area contributed by atoms with Crippen LogP contribution < -0.4 is 0 Å². The van der Waals surface area contributed by atoms with Gasteiger partial charge in [0.15, 0.2) is 0 Å². The third-order valence-corrected chi connectivity index (χ3v) is 3.09. The molecule has 0 fully saturated rings. The van der Waals surface area contributed by atoms with Crippen molar-refractivity contribution in [3.63, 3.8) is 0 Å². The molecule has 4 heteroatoms. The Morgan fingerprint density at radius 2 is 2.00 bits per heavy atom. The summed E-state index contributed by atoms with van der Waals surface area (Å²) >= 11 is 1.41. The van der Waals surface area contributed by atoms with E-state index < -0.39 is 0 Å². The normalized spacial score (nSPS) is 21.1. The molecule has 1 amide bonds. The number of hydrogen-bond donors (Lipinski definition) is 0. The molecule has 0 bridgehead atoms. The summed E-state index contributed by atoms with van der Waals surface area (Å²) in [7, 11) is 0. The molecule has 0 aromatic heterocycles. The minimum absolute atomic E-state index is 0.154. The summed E-state index contributed by atoms with van der Waals surface area (Å²) in [4.78, 5) is 15.2. The van der Waals surface area contributed by atoms with Gasteiger partial charge in [0.05, 0.1) is 5.04 Å². The minimum atomic E-state index is -0.290. The van der Waals surface area contributed by atoms with Gasteiger partial charge in [-0.2, -0.15) is 0 Å². The van der Waals surface area contributed by atoms with Crippen LogP contribution in [0.1, 0.15) is 17.7 Å². The first kappa shape index (κ1) is 9.40. The third kappa shape index (κ3) is 1.70. The molecule has 1 heterocycles. The highest BCUT2D eigenvalue weighted by Crippen LogP contribution is 2.35. The van der Waals surface area contributed by atoms with Gasteiger partial charge in [-0.1, -0.05) is 23.9 Å². The highest BCUT2D eigenvalue weighted by molar-refractivity contribution is 8.15. The standard InChI is InChI=1S/C10H8FNOS/c1-6-12-10(13)9(14-6)7-2-4-8(11)5-3-7/h2-5,9H,1H3. The maximum Gasteiger partial charge on any atom is 0.264 e. The molecular formula is C10H8FNOS. The molecule has 0 N–H and O–H groups in total. The summed E-state index contributed by atoms with van der Waals surface area (Å²) in [5.74, 6) is -0.444. The Bertz CT molecular complexity index is 399. The predicted molar refractivity (Wildman–Crippen MR) is 54.8 cm³/mol. The fourth-order valence-corrected chi connectivity index (χ4v) is 2.24. The van der Waals surface area contributed by atoms with E-state index in [2.05, 4.69) is 4.99 Å². The summed E-state index contributed by atoms with van der Waals surface area (Å²) in [6.45, 7) is 1.80. The predicted octanol–water partition coefficient (Wildman–Crippen LogP) is 2.56. The second-order valence-electron chi connectivity index (χ2n) is 3.02. The molecule has 72 valence electrons. The quantitative estimate of drug-likeness (QED) is 0.711. The molecule has 2 nitrogen and oxygen atoms in total. The highest BCUT2D eigenvalue weighted by Gasteiger charge is 2.27. The Kier molecular flexibility index (Phi) is 2.37. The zero-order chi connectivity index (χ0) is 10.1. The van der Waals surface area contributed by atoms with Crippen LogP contribution in [0.4, 0.5) is 4.39 Å². The lowest BCUT2D eigenvalue weighted by Gasteiger charge is -2.05. The average molecular weight is 209 g/mol. The van der Waals surface area contributed by atoms with E-state index in [-0.39, 0.29) is 17.0 Å². The Balaban J connectivity index is 2.26. The second kappa shape index (κ2) is 3.53. The maximum absolute atomic E-state index is 12.6. The van der Waals surface area contributed by atoms with Gasteiger partial charge in [-0.15, -0.1) is 0 Å². The number of aliphatic imine (C=N–C) groups is 1. The first-order valence-corrected chi connectivity index (χ1v) is 5.06. The molecule has 2 rings (SSSR count). The second-order valence-corrected chi connectivity index (χ2v) is 4.32. The summed E-state index contributed by atoms with van der Waals surface area (Å²) in [5, 5.41) is 0.486. The van der Waals surface area contributed by atoms with Crippen LogP contribution in [0.3, 0.4) is 0 Å². The van der Waals surface area contributed by atoms with E-state index >= 15 is 0 Å². The fraction of sp³-hybridized carbons (Fsp3) is 0.200. The summed E-state index contributed by atoms with van der Waals surface area (Å²) in [5.41, 5.74) is 0.807. The molecule has 1 unspecified atom stereocenters. The number of nitrogens with zero attached hydrogens (tertiary/aromatic N) is 1. The molecule has 0 spiro atoms. The number of halogens is 1. The van der Waals surface area contributed by atoms with Crippen LogP contribution in [-0.2, 0) is 4.79 Å². The smallest absolute Gasteiger partial charge is 0.264 e. The molecule has 0 aliphatic carbocycles. The van der Waals surface area contributed by atoms with Crippen LogP contribution in [0, 0.1) is 5.82 Å². The number of benzene rings is 1. The van der Waals surface area contributed by atoms with Crippen LogP contribution >= 0.6 is 11.8 Å². The SMILES string of the molecule is CC1=NC(=O)C(c2ccc(F)cc2)S1. The molecule has 1 aliphatic heterocycles. The van der Waals surface area contributed by atoms with E-state index in [1.54, 1.807) is 19.1 Å². The van der Waals surface area contributed by atoms with Crippen LogP contribution in [0.5, 0.6) is 0 Å². The molecule has 1 atom stereocenters. The van der Waals surface area contributed by atoms with Crippen molar-refractivity contribution in [1.82, 2.24) is 0 Å². The Morgan fingerprint density at radius 1 is 1.36 bits per heavy atom. The van der Waals surface area contributed by atoms with Crippen LogP contribution in [0.2, 0.25) is 0 Å². The lowest BCUT2D eigenvalue weighted by molar-refractivity contribution is -0.117. The number of carbonyl (C=O) groups excluding carboxylic acids is 1. The summed E-state index contributed by atoms with van der Waals surface area (Å²) in [6.07, 6.45) is 0. The van der Waals surface area contributed by atoms with Gasteiger partial charge in [0.2, 0.25) is 0 Å². The van der Waals surface area contributed by atoms with Gasteiger partial charge in [0.25, 0.3) is 5.91 Å². The van der Waals surface area contributed by atoms with Crippen molar-refractivity contribution in [2.45, 2.75) is 12.2 Å². The van der Waals surface area contributed by atoms with Crippen molar-refractivity contribution in [1.29, 1.82) is 0 Å². The van der Waals surface area contributed by atoms with Gasteiger partial charge in [-0.25, -0.2) is 9.38 Å². The van der Waals surface area contributed by atoms with Gasteiger partial charge < -0.3 is 0 Å². The van der Waals surface area contributed by atoms with Gasteiger partial charge in [-0.3, -0.25) is 4.79 Å². The lowest BCUT2D eigenvalue weighted by atomic mass is 10.1. The molecule has 0 radical (unpaired) electrons. The number of carbonyl (C=O) groups is 1. The molecule has 1 aromatic rings. The van der Waals surface area contributed by atoms with Crippen molar-refractivity contribution < 1.29 is 9.18 Å². The topological polar surface area (TPSA) is 29.4 Å². The Hall–Kier alpha value is -1.16. The monoisotopic (exact) mass is 209 g/mol. The zero-order valence-corrected chi connectivity index (χ0v) is 8.34. The Morgan fingerprint density at radius 3 is 2.50 bits per heavy atom. The van der Waals surface area contributed by atoms with Gasteiger partial charge in [0.1, 0.15) is 11.1 Å². The zero-order valence-electron chi connectivity index (χ0n) is 7.53. The average Bonchev–Trinajstić information content (AvgIpc) is 2.47. The Labute approximate surface area is 85.2 Å². The first-order chi connectivity index (χ1) is 6.66. The van der Waals surface area contributed by atoms with E-state index in [1.165, 1.54) is 23.9 Å². The van der Waals surface area contributed by atoms with E-state index in [0.29, 0.717) is 0 Å². The molecule has 0 saturated heterocycles. The largest absolute Gasteiger partial charge is 0.271 e. The van der Waals surface area contributed by atoms with Gasteiger partial charge in [0, 0.05) is 0 Å². The summed E-state index contributed by atoms with van der Waals surface area (Å²) < 4.78 is 12.6. The van der Waals surface area contributed by atoms with E-state index in [4.69, 9.17) is 0 Å².